The van der Waals surface area contributed by atoms with E-state index in [1.165, 1.54) is 6.08 Å². The molecular formula is C25H23NO4. The molecule has 3 aromatic carbocycles. The van der Waals surface area contributed by atoms with Gasteiger partial charge in [-0.3, -0.25) is 4.79 Å². The summed E-state index contributed by atoms with van der Waals surface area (Å²) in [5, 5.41) is 0. The molecule has 0 spiro atoms. The number of aryl methyl sites for hydroxylation is 1. The molecule has 5 nitrogen and oxygen atoms in total. The molecule has 0 unspecified atom stereocenters. The third-order valence-electron chi connectivity index (χ3n) is 4.58. The minimum absolute atomic E-state index is 0.112. The number of methoxy groups -OCH3 is 1. The lowest BCUT2D eigenvalue weighted by Gasteiger charge is -2.17. The van der Waals surface area contributed by atoms with E-state index in [4.69, 9.17) is 9.47 Å². The zero-order chi connectivity index (χ0) is 21.5. The van der Waals surface area contributed by atoms with Crippen LogP contribution in [0.1, 0.15) is 21.5 Å². The van der Waals surface area contributed by atoms with Gasteiger partial charge in [-0.1, -0.05) is 35.9 Å². The normalized spacial score (nSPS) is 10.6. The van der Waals surface area contributed by atoms with Crippen LogP contribution in [0.3, 0.4) is 0 Å². The number of ether oxygens (including phenoxy) is 2. The first-order chi connectivity index (χ1) is 14.5. The van der Waals surface area contributed by atoms with Crippen LogP contribution in [0.2, 0.25) is 0 Å². The topological polar surface area (TPSA) is 55.8 Å². The van der Waals surface area contributed by atoms with Gasteiger partial charge in [0.2, 0.25) is 0 Å². The van der Waals surface area contributed by atoms with Gasteiger partial charge < -0.3 is 14.4 Å². The number of benzene rings is 3. The number of anilines is 1. The number of carbonyl (C=O) groups excluding carboxylic acids is 2. The molecule has 30 heavy (non-hydrogen) atoms. The lowest BCUT2D eigenvalue weighted by Crippen LogP contribution is -2.26. The van der Waals surface area contributed by atoms with E-state index in [1.54, 1.807) is 61.5 Å². The summed E-state index contributed by atoms with van der Waals surface area (Å²) in [4.78, 5) is 26.3. The maximum Gasteiger partial charge on any atom is 0.336 e. The van der Waals surface area contributed by atoms with Gasteiger partial charge in [0.15, 0.2) is 0 Å². The van der Waals surface area contributed by atoms with Gasteiger partial charge in [0.1, 0.15) is 11.5 Å². The first-order valence-corrected chi connectivity index (χ1v) is 9.45. The van der Waals surface area contributed by atoms with E-state index >= 15 is 0 Å². The van der Waals surface area contributed by atoms with Crippen molar-refractivity contribution in [2.45, 2.75) is 6.92 Å². The van der Waals surface area contributed by atoms with Gasteiger partial charge >= 0.3 is 5.97 Å². The highest BCUT2D eigenvalue weighted by atomic mass is 16.5. The van der Waals surface area contributed by atoms with Crippen molar-refractivity contribution < 1.29 is 19.1 Å². The highest BCUT2D eigenvalue weighted by molar-refractivity contribution is 6.05. The molecule has 152 valence electrons. The van der Waals surface area contributed by atoms with Gasteiger partial charge in [-0.05, 0) is 55.5 Å². The number of para-hydroxylation sites is 1. The average molecular weight is 401 g/mol. The predicted molar refractivity (Wildman–Crippen MR) is 118 cm³/mol. The fourth-order valence-corrected chi connectivity index (χ4v) is 2.86. The monoisotopic (exact) mass is 401 g/mol. The molecule has 1 amide bonds. The number of hydrogen-bond donors (Lipinski definition) is 0. The van der Waals surface area contributed by atoms with E-state index < -0.39 is 5.97 Å². The zero-order valence-corrected chi connectivity index (χ0v) is 17.2. The van der Waals surface area contributed by atoms with Crippen molar-refractivity contribution in [1.82, 2.24) is 0 Å². The number of carbonyl (C=O) groups is 2. The quantitative estimate of drug-likeness (QED) is 0.335. The third-order valence-corrected chi connectivity index (χ3v) is 4.58. The second-order valence-corrected chi connectivity index (χ2v) is 6.72. The van der Waals surface area contributed by atoms with Crippen LogP contribution in [0.5, 0.6) is 11.5 Å². The molecule has 3 rings (SSSR count). The summed E-state index contributed by atoms with van der Waals surface area (Å²) in [6.07, 6.45) is 2.99. The molecule has 5 heteroatoms. The van der Waals surface area contributed by atoms with E-state index in [1.807, 2.05) is 43.3 Å². The van der Waals surface area contributed by atoms with Gasteiger partial charge in [-0.15, -0.1) is 0 Å². The third kappa shape index (κ3) is 5.14. The van der Waals surface area contributed by atoms with Crippen LogP contribution < -0.4 is 14.4 Å². The number of amides is 1. The van der Waals surface area contributed by atoms with Crippen molar-refractivity contribution in [3.8, 4) is 11.5 Å². The largest absolute Gasteiger partial charge is 0.496 e. The van der Waals surface area contributed by atoms with Gasteiger partial charge in [0.05, 0.1) is 7.11 Å². The number of esters is 1. The Morgan fingerprint density at radius 3 is 2.23 bits per heavy atom. The Bertz CT molecular complexity index is 1050. The van der Waals surface area contributed by atoms with Crippen molar-refractivity contribution in [2.75, 3.05) is 19.1 Å². The summed E-state index contributed by atoms with van der Waals surface area (Å²) in [6.45, 7) is 1.98. The van der Waals surface area contributed by atoms with Crippen molar-refractivity contribution in [3.05, 3.63) is 95.6 Å². The molecule has 0 saturated carbocycles. The molecule has 0 aliphatic heterocycles. The molecule has 3 aromatic rings. The highest BCUT2D eigenvalue weighted by Gasteiger charge is 2.13. The van der Waals surface area contributed by atoms with Crippen LogP contribution in [0.15, 0.2) is 78.9 Å². The first kappa shape index (κ1) is 20.9. The SMILES string of the molecule is COc1ccccc1/C=C/C(=O)Oc1ccc(N(C)C(=O)c2ccc(C)cc2)cc1. The average Bonchev–Trinajstić information content (AvgIpc) is 2.78. The van der Waals surface area contributed by atoms with Crippen molar-refractivity contribution >= 4 is 23.6 Å². The van der Waals surface area contributed by atoms with Crippen LogP contribution in [-0.2, 0) is 4.79 Å². The Labute approximate surface area is 176 Å². The molecule has 0 saturated heterocycles. The van der Waals surface area contributed by atoms with E-state index in [9.17, 15) is 9.59 Å². The van der Waals surface area contributed by atoms with Crippen molar-refractivity contribution in [2.24, 2.45) is 0 Å². The van der Waals surface area contributed by atoms with Crippen LogP contribution in [0, 0.1) is 6.92 Å². The van der Waals surface area contributed by atoms with Crippen molar-refractivity contribution in [1.29, 1.82) is 0 Å². The summed E-state index contributed by atoms with van der Waals surface area (Å²) >= 11 is 0. The minimum Gasteiger partial charge on any atom is -0.496 e. The molecule has 0 radical (unpaired) electrons. The van der Waals surface area contributed by atoms with Crippen molar-refractivity contribution in [3.63, 3.8) is 0 Å². The summed E-state index contributed by atoms with van der Waals surface area (Å²) in [7, 11) is 3.28. The Morgan fingerprint density at radius 1 is 0.900 bits per heavy atom. The number of nitrogens with zero attached hydrogens (tertiary/aromatic N) is 1. The second kappa shape index (κ2) is 9.56. The standard InChI is InChI=1S/C25H23NO4/c1-18-8-10-20(11-9-18)25(28)26(2)21-13-15-22(16-14-21)30-24(27)17-12-19-6-4-5-7-23(19)29-3/h4-17H,1-3H3/b17-12+. The fraction of sp³-hybridized carbons (Fsp3) is 0.120. The molecule has 0 aliphatic carbocycles. The fourth-order valence-electron chi connectivity index (χ4n) is 2.86. The van der Waals surface area contributed by atoms with Gasteiger partial charge in [0, 0.05) is 29.9 Å². The molecule has 0 bridgehead atoms. The first-order valence-electron chi connectivity index (χ1n) is 9.45. The smallest absolute Gasteiger partial charge is 0.336 e. The lowest BCUT2D eigenvalue weighted by atomic mass is 10.1. The number of hydrogen-bond acceptors (Lipinski definition) is 4. The molecule has 0 N–H and O–H groups in total. The van der Waals surface area contributed by atoms with Gasteiger partial charge in [-0.2, -0.15) is 0 Å². The number of rotatable bonds is 6. The summed E-state index contributed by atoms with van der Waals surface area (Å²) in [5.74, 6) is 0.453. The molecule has 0 heterocycles. The molecule has 0 aromatic heterocycles. The Hall–Kier alpha value is -3.86. The predicted octanol–water partition coefficient (Wildman–Crippen LogP) is 4.90. The van der Waals surface area contributed by atoms with Crippen LogP contribution in [0.25, 0.3) is 6.08 Å². The molecule has 0 aliphatic rings. The summed E-state index contributed by atoms with van der Waals surface area (Å²) in [6, 6.07) is 21.6. The van der Waals surface area contributed by atoms with Crippen LogP contribution in [0.4, 0.5) is 5.69 Å². The zero-order valence-electron chi connectivity index (χ0n) is 17.2. The lowest BCUT2D eigenvalue weighted by molar-refractivity contribution is -0.128. The summed E-state index contributed by atoms with van der Waals surface area (Å²) < 4.78 is 10.6. The Morgan fingerprint density at radius 2 is 1.57 bits per heavy atom. The molecular weight excluding hydrogens is 378 g/mol. The molecule has 0 fully saturated rings. The van der Waals surface area contributed by atoms with E-state index in [0.29, 0.717) is 22.7 Å². The minimum atomic E-state index is -0.502. The van der Waals surface area contributed by atoms with Crippen LogP contribution in [-0.4, -0.2) is 26.0 Å². The van der Waals surface area contributed by atoms with E-state index in [2.05, 4.69) is 0 Å². The Kier molecular flexibility index (Phi) is 6.65. The van der Waals surface area contributed by atoms with Gasteiger partial charge in [0.25, 0.3) is 5.91 Å². The maximum absolute atomic E-state index is 12.6. The second-order valence-electron chi connectivity index (χ2n) is 6.72. The van der Waals surface area contributed by atoms with Gasteiger partial charge in [-0.25, -0.2) is 4.79 Å². The molecule has 0 atom stereocenters. The van der Waals surface area contributed by atoms with E-state index in [0.717, 1.165) is 11.1 Å². The highest BCUT2D eigenvalue weighted by Crippen LogP contribution is 2.21. The Balaban J connectivity index is 1.63. The van der Waals surface area contributed by atoms with Crippen LogP contribution >= 0.6 is 0 Å². The maximum atomic E-state index is 12.6. The summed E-state index contributed by atoms with van der Waals surface area (Å²) in [5.41, 5.74) is 3.19. The van der Waals surface area contributed by atoms with E-state index in [-0.39, 0.29) is 5.91 Å².